The molecule has 0 aliphatic rings. The Balaban J connectivity index is 2.33. The van der Waals surface area contributed by atoms with Gasteiger partial charge in [-0.25, -0.2) is 0 Å². The van der Waals surface area contributed by atoms with Gasteiger partial charge in [0.15, 0.2) is 0 Å². The Hall–Kier alpha value is -2.08. The molecule has 0 aliphatic carbocycles. The number of hydrogen-bond donors (Lipinski definition) is 0. The van der Waals surface area contributed by atoms with Crippen molar-refractivity contribution in [1.29, 1.82) is 0 Å². The summed E-state index contributed by atoms with van der Waals surface area (Å²) in [6, 6.07) is 11.5. The highest BCUT2D eigenvalue weighted by Crippen LogP contribution is 2.34. The maximum atomic E-state index is 11.0. The molecule has 0 fully saturated rings. The molecular weight excluding hydrogens is 314 g/mol. The molecule has 2 aromatic carbocycles. The smallest absolute Gasteiger partial charge is 0.315 e. The number of rotatable bonds is 4. The molecule has 0 saturated carbocycles. The Morgan fingerprint density at radius 2 is 1.74 bits per heavy atom. The number of halogens is 1. The quantitative estimate of drug-likeness (QED) is 0.626. The third-order valence-electron chi connectivity index (χ3n) is 2.40. The predicted octanol–water partition coefficient (Wildman–Crippen LogP) is 4.16. The number of ether oxygens (including phenoxy) is 2. The van der Waals surface area contributed by atoms with Gasteiger partial charge in [0.1, 0.15) is 11.5 Å². The fraction of sp³-hybridized carbons (Fsp3) is 0.0769. The number of hydrogen-bond acceptors (Lipinski definition) is 4. The van der Waals surface area contributed by atoms with Gasteiger partial charge < -0.3 is 9.47 Å². The zero-order chi connectivity index (χ0) is 13.8. The van der Waals surface area contributed by atoms with Crippen LogP contribution in [0.2, 0.25) is 0 Å². The van der Waals surface area contributed by atoms with Crippen molar-refractivity contribution < 1.29 is 14.4 Å². The third-order valence-corrected chi connectivity index (χ3v) is 2.93. The predicted molar refractivity (Wildman–Crippen MR) is 73.9 cm³/mol. The van der Waals surface area contributed by atoms with Crippen molar-refractivity contribution in [2.75, 3.05) is 7.11 Å². The molecule has 0 atom stereocenters. The van der Waals surface area contributed by atoms with Crippen LogP contribution in [-0.4, -0.2) is 12.0 Å². The number of nitro benzene ring substituents is 1. The molecule has 0 aromatic heterocycles. The Morgan fingerprint density at radius 1 is 1.11 bits per heavy atom. The van der Waals surface area contributed by atoms with Gasteiger partial charge in [0.05, 0.1) is 18.1 Å². The lowest BCUT2D eigenvalue weighted by atomic mass is 10.2. The van der Waals surface area contributed by atoms with Gasteiger partial charge in [0, 0.05) is 4.47 Å². The van der Waals surface area contributed by atoms with Gasteiger partial charge in [-0.05, 0) is 36.4 Å². The largest absolute Gasteiger partial charge is 0.496 e. The fourth-order valence-electron chi connectivity index (χ4n) is 1.48. The molecule has 5 nitrogen and oxygen atoms in total. The van der Waals surface area contributed by atoms with E-state index in [0.29, 0.717) is 11.5 Å². The van der Waals surface area contributed by atoms with Gasteiger partial charge in [-0.3, -0.25) is 10.1 Å². The maximum Gasteiger partial charge on any atom is 0.315 e. The number of nitro groups is 1. The average Bonchev–Trinajstić information content (AvgIpc) is 2.41. The van der Waals surface area contributed by atoms with Crippen molar-refractivity contribution in [3.63, 3.8) is 0 Å². The van der Waals surface area contributed by atoms with E-state index in [9.17, 15) is 10.1 Å². The van der Waals surface area contributed by atoms with Crippen LogP contribution >= 0.6 is 15.9 Å². The van der Waals surface area contributed by atoms with Crippen LogP contribution < -0.4 is 9.47 Å². The van der Waals surface area contributed by atoms with Gasteiger partial charge >= 0.3 is 5.69 Å². The Kier molecular flexibility index (Phi) is 4.01. The van der Waals surface area contributed by atoms with Crippen molar-refractivity contribution in [2.24, 2.45) is 0 Å². The molecule has 19 heavy (non-hydrogen) atoms. The summed E-state index contributed by atoms with van der Waals surface area (Å²) in [5, 5.41) is 11.0. The van der Waals surface area contributed by atoms with Crippen molar-refractivity contribution in [3.8, 4) is 17.2 Å². The summed E-state index contributed by atoms with van der Waals surface area (Å²) in [4.78, 5) is 10.5. The van der Waals surface area contributed by atoms with Crippen LogP contribution in [0.4, 0.5) is 5.69 Å². The summed E-state index contributed by atoms with van der Waals surface area (Å²) >= 11 is 3.31. The van der Waals surface area contributed by atoms with Crippen molar-refractivity contribution >= 4 is 21.6 Å². The van der Waals surface area contributed by atoms with E-state index in [2.05, 4.69) is 15.9 Å². The summed E-state index contributed by atoms with van der Waals surface area (Å²) in [5.41, 5.74) is -0.137. The third kappa shape index (κ3) is 3.23. The molecule has 0 unspecified atom stereocenters. The second-order valence-electron chi connectivity index (χ2n) is 3.65. The number of nitrogens with zero attached hydrogens (tertiary/aromatic N) is 1. The average molecular weight is 324 g/mol. The SMILES string of the molecule is COc1ccc(Oc2ccc(Br)cc2)c([N+](=O)[O-])c1. The van der Waals surface area contributed by atoms with E-state index >= 15 is 0 Å². The second kappa shape index (κ2) is 5.71. The fourth-order valence-corrected chi connectivity index (χ4v) is 1.75. The molecule has 2 aromatic rings. The summed E-state index contributed by atoms with van der Waals surface area (Å²) in [7, 11) is 1.45. The molecule has 0 amide bonds. The monoisotopic (exact) mass is 323 g/mol. The highest BCUT2D eigenvalue weighted by Gasteiger charge is 2.17. The van der Waals surface area contributed by atoms with E-state index in [1.54, 1.807) is 30.3 Å². The first kappa shape index (κ1) is 13.4. The Labute approximate surface area is 118 Å². The summed E-state index contributed by atoms with van der Waals surface area (Å²) < 4.78 is 11.4. The normalized spacial score (nSPS) is 10.0. The lowest BCUT2D eigenvalue weighted by molar-refractivity contribution is -0.385. The van der Waals surface area contributed by atoms with Crippen LogP contribution in [0.25, 0.3) is 0 Å². The molecule has 0 bridgehead atoms. The van der Waals surface area contributed by atoms with Crippen LogP contribution in [0.3, 0.4) is 0 Å². The van der Waals surface area contributed by atoms with Gasteiger partial charge in [-0.2, -0.15) is 0 Å². The first-order valence-electron chi connectivity index (χ1n) is 5.36. The summed E-state index contributed by atoms with van der Waals surface area (Å²) in [6.45, 7) is 0. The Bertz CT molecular complexity index is 598. The first-order valence-corrected chi connectivity index (χ1v) is 6.15. The standard InChI is InChI=1S/C13H10BrNO4/c1-18-11-6-7-13(12(8-11)15(16)17)19-10-4-2-9(14)3-5-10/h2-8H,1H3. The highest BCUT2D eigenvalue weighted by atomic mass is 79.9. The van der Waals surface area contributed by atoms with Crippen molar-refractivity contribution in [2.45, 2.75) is 0 Å². The summed E-state index contributed by atoms with van der Waals surface area (Å²) in [6.07, 6.45) is 0. The zero-order valence-corrected chi connectivity index (χ0v) is 11.6. The topological polar surface area (TPSA) is 61.6 Å². The molecule has 0 N–H and O–H groups in total. The van der Waals surface area contributed by atoms with Crippen LogP contribution in [0, 0.1) is 10.1 Å². The van der Waals surface area contributed by atoms with Crippen LogP contribution in [0.1, 0.15) is 0 Å². The molecule has 98 valence electrons. The molecular formula is C13H10BrNO4. The van der Waals surface area contributed by atoms with Gasteiger partial charge in [0.2, 0.25) is 5.75 Å². The molecule has 0 aliphatic heterocycles. The Morgan fingerprint density at radius 3 is 2.32 bits per heavy atom. The highest BCUT2D eigenvalue weighted by molar-refractivity contribution is 9.10. The van der Waals surface area contributed by atoms with E-state index < -0.39 is 4.92 Å². The lowest BCUT2D eigenvalue weighted by Crippen LogP contribution is -1.94. The van der Waals surface area contributed by atoms with E-state index in [1.165, 1.54) is 19.2 Å². The van der Waals surface area contributed by atoms with E-state index in [4.69, 9.17) is 9.47 Å². The second-order valence-corrected chi connectivity index (χ2v) is 4.56. The molecule has 2 rings (SSSR count). The van der Waals surface area contributed by atoms with Gasteiger partial charge in [-0.1, -0.05) is 15.9 Å². The van der Waals surface area contributed by atoms with Crippen LogP contribution in [0.5, 0.6) is 17.2 Å². The van der Waals surface area contributed by atoms with E-state index in [1.807, 2.05) is 0 Å². The van der Waals surface area contributed by atoms with Gasteiger partial charge in [0.25, 0.3) is 0 Å². The molecule has 0 saturated heterocycles. The number of methoxy groups -OCH3 is 1. The molecule has 6 heteroatoms. The zero-order valence-electron chi connectivity index (χ0n) is 10.00. The van der Waals surface area contributed by atoms with E-state index in [-0.39, 0.29) is 11.4 Å². The minimum Gasteiger partial charge on any atom is -0.496 e. The van der Waals surface area contributed by atoms with Crippen molar-refractivity contribution in [3.05, 3.63) is 57.1 Å². The molecule has 0 heterocycles. The van der Waals surface area contributed by atoms with E-state index in [0.717, 1.165) is 4.47 Å². The van der Waals surface area contributed by atoms with Gasteiger partial charge in [-0.15, -0.1) is 0 Å². The lowest BCUT2D eigenvalue weighted by Gasteiger charge is -2.07. The maximum absolute atomic E-state index is 11.0. The van der Waals surface area contributed by atoms with Crippen LogP contribution in [-0.2, 0) is 0 Å². The minimum absolute atomic E-state index is 0.137. The van der Waals surface area contributed by atoms with Crippen molar-refractivity contribution in [1.82, 2.24) is 0 Å². The number of benzene rings is 2. The molecule has 0 spiro atoms. The van der Waals surface area contributed by atoms with Crippen LogP contribution in [0.15, 0.2) is 46.9 Å². The first-order chi connectivity index (χ1) is 9.10. The molecule has 0 radical (unpaired) electrons. The summed E-state index contributed by atoms with van der Waals surface area (Å²) in [5.74, 6) is 1.11. The minimum atomic E-state index is -0.503.